The molecule has 9 aliphatic carbocycles. The van der Waals surface area contributed by atoms with Crippen molar-refractivity contribution in [2.75, 3.05) is 0 Å². The average molecular weight is 1150 g/mol. The molecule has 3 aromatic rings. The van der Waals surface area contributed by atoms with Gasteiger partial charge in [-0.2, -0.15) is 30.3 Å². The van der Waals surface area contributed by atoms with Crippen LogP contribution < -0.4 is 0 Å². The van der Waals surface area contributed by atoms with Gasteiger partial charge in [0.05, 0.1) is 17.1 Å². The third-order valence-electron chi connectivity index (χ3n) is 22.8. The molecule has 3 amide bonds. The van der Waals surface area contributed by atoms with E-state index in [4.69, 9.17) is 29.5 Å². The zero-order valence-electron chi connectivity index (χ0n) is 48.6. The second-order valence-electron chi connectivity index (χ2n) is 27.2. The number of hydrazone groups is 3. The van der Waals surface area contributed by atoms with Crippen LogP contribution in [0.3, 0.4) is 0 Å². The molecule has 3 saturated heterocycles. The minimum atomic E-state index is -0.235. The highest BCUT2D eigenvalue weighted by atomic mass is 32.2. The Morgan fingerprint density at radius 3 is 0.926 bits per heavy atom. The number of ether oxygens (including phenoxy) is 3. The van der Waals surface area contributed by atoms with Crippen LogP contribution in [0.2, 0.25) is 0 Å². The van der Waals surface area contributed by atoms with Gasteiger partial charge in [-0.1, -0.05) is 115 Å². The van der Waals surface area contributed by atoms with Gasteiger partial charge in [0.1, 0.15) is 34.9 Å². The lowest BCUT2D eigenvalue weighted by atomic mass is 9.75. The first kappa shape index (κ1) is 55.7. The van der Waals surface area contributed by atoms with E-state index in [1.165, 1.54) is 70.3 Å². The summed E-state index contributed by atoms with van der Waals surface area (Å²) in [6.07, 6.45) is 22.5. The molecule has 15 heteroatoms. The third-order valence-corrected chi connectivity index (χ3v) is 26.8. The fourth-order valence-electron chi connectivity index (χ4n) is 18.0. The van der Waals surface area contributed by atoms with Crippen LogP contribution in [0.15, 0.2) is 121 Å². The van der Waals surface area contributed by atoms with Crippen LogP contribution in [0.5, 0.6) is 0 Å². The first-order valence-electron chi connectivity index (χ1n) is 31.0. The van der Waals surface area contributed by atoms with Gasteiger partial charge < -0.3 is 14.2 Å². The van der Waals surface area contributed by atoms with Crippen LogP contribution in [0.25, 0.3) is 0 Å². The number of rotatable bonds is 9. The molecule has 15 rings (SSSR count). The number of thioether (sulfide) groups is 3. The Kier molecular flexibility index (Phi) is 14.8. The van der Waals surface area contributed by atoms with Crippen molar-refractivity contribution in [2.45, 2.75) is 242 Å². The molecule has 3 aromatic carbocycles. The van der Waals surface area contributed by atoms with Crippen LogP contribution in [0.1, 0.15) is 176 Å². The summed E-state index contributed by atoms with van der Waals surface area (Å²) in [5, 5.41) is 21.6. The van der Waals surface area contributed by atoms with Crippen molar-refractivity contribution < 1.29 is 28.6 Å². The highest BCUT2D eigenvalue weighted by molar-refractivity contribution is 8.01. The Balaban J connectivity index is 0.000000114. The number of carbonyl (C=O) groups excluding carboxylic acids is 3. The summed E-state index contributed by atoms with van der Waals surface area (Å²) in [7, 11) is 0. The Morgan fingerprint density at radius 2 is 0.667 bits per heavy atom. The molecule has 12 atom stereocenters. The molecule has 3 spiro atoms. The normalized spacial score (nSPS) is 38.3. The summed E-state index contributed by atoms with van der Waals surface area (Å²) in [5.74, 6) is 1.91. The Morgan fingerprint density at radius 1 is 0.395 bits per heavy atom. The lowest BCUT2D eigenvalue weighted by molar-refractivity contribution is 0.0567. The summed E-state index contributed by atoms with van der Waals surface area (Å²) in [6, 6.07) is 31.7. The SMILES string of the molecule is CC1(C)[C@@H]2CC[C@@]13[C@@H](C2)OC(=O)N3/N=C1/CCCC[C@@H]1Sc1ccccc1.CC1(C)[C@@H]2CC[C@@]13[C@@H](C2)OC(=O)N3/N=C1/CCCC[C@@H]1Sc1ccccc1.CC1(C)[C@@H]2CC[C@@]13[C@@H](C2)OC(=O)N3/N=C1/CCCC[C@@H]1Sc1ccccc1. The second kappa shape index (κ2) is 21.5. The van der Waals surface area contributed by atoms with Crippen molar-refractivity contribution in [3.63, 3.8) is 0 Å². The summed E-state index contributed by atoms with van der Waals surface area (Å²) in [4.78, 5) is 42.2. The summed E-state index contributed by atoms with van der Waals surface area (Å²) in [5.41, 5.74) is 3.04. The maximum Gasteiger partial charge on any atom is 0.431 e. The van der Waals surface area contributed by atoms with E-state index >= 15 is 0 Å². The van der Waals surface area contributed by atoms with Crippen molar-refractivity contribution in [3.8, 4) is 0 Å². The Hall–Kier alpha value is -4.47. The maximum atomic E-state index is 12.8. The van der Waals surface area contributed by atoms with E-state index in [9.17, 15) is 14.4 Å². The van der Waals surface area contributed by atoms with Crippen LogP contribution in [0.4, 0.5) is 14.4 Å². The van der Waals surface area contributed by atoms with Crippen molar-refractivity contribution in [1.29, 1.82) is 0 Å². The first-order valence-corrected chi connectivity index (χ1v) is 33.6. The second-order valence-corrected chi connectivity index (χ2v) is 31.0. The van der Waals surface area contributed by atoms with Crippen molar-refractivity contribution >= 4 is 70.7 Å². The number of amides is 3. The molecule has 0 aromatic heterocycles. The van der Waals surface area contributed by atoms with Crippen LogP contribution in [0, 0.1) is 34.0 Å². The summed E-state index contributed by atoms with van der Waals surface area (Å²) in [6.45, 7) is 13.9. The van der Waals surface area contributed by atoms with E-state index in [1.54, 1.807) is 15.0 Å². The van der Waals surface area contributed by atoms with E-state index in [1.807, 2.05) is 35.3 Å². The molecule has 0 N–H and O–H groups in total. The molecular weight excluding hydrogens is 1070 g/mol. The monoisotopic (exact) mass is 1150 g/mol. The zero-order chi connectivity index (χ0) is 55.9. The van der Waals surface area contributed by atoms with Gasteiger partial charge in [0.25, 0.3) is 0 Å². The smallest absolute Gasteiger partial charge is 0.431 e. The van der Waals surface area contributed by atoms with Gasteiger partial charge in [0, 0.05) is 30.4 Å². The van der Waals surface area contributed by atoms with E-state index in [0.717, 1.165) is 96.3 Å². The average Bonchev–Trinajstić information content (AvgIpc) is 4.18. The summed E-state index contributed by atoms with van der Waals surface area (Å²) >= 11 is 5.67. The van der Waals surface area contributed by atoms with E-state index in [-0.39, 0.29) is 69.5 Å². The van der Waals surface area contributed by atoms with E-state index < -0.39 is 0 Å². The first-order chi connectivity index (χ1) is 39.1. The van der Waals surface area contributed by atoms with Crippen LogP contribution >= 0.6 is 35.3 Å². The van der Waals surface area contributed by atoms with E-state index in [0.29, 0.717) is 33.5 Å². The van der Waals surface area contributed by atoms with Gasteiger partial charge >= 0.3 is 18.3 Å². The highest BCUT2D eigenvalue weighted by Gasteiger charge is 2.76. The molecule has 0 unspecified atom stereocenters. The summed E-state index contributed by atoms with van der Waals surface area (Å²) < 4.78 is 17.5. The molecular formula is C66H84N6O6S3. The molecule has 3 heterocycles. The predicted octanol–water partition coefficient (Wildman–Crippen LogP) is 16.4. The van der Waals surface area contributed by atoms with Crippen LogP contribution in [-0.2, 0) is 14.2 Å². The molecule has 3 aliphatic heterocycles. The van der Waals surface area contributed by atoms with Gasteiger partial charge in [-0.25, -0.2) is 14.4 Å². The zero-order valence-corrected chi connectivity index (χ0v) is 51.0. The standard InChI is InChI=1S/3C22H28N2O2S/c3*1-21(2)15-12-13-22(21)19(14-15)26-20(25)24(22)23-17-10-6-7-11-18(17)27-16-8-4-3-5-9-16/h3*3-5,8-9,15,18-19H,6-7,10-14H2,1-2H3/b3*23-17-/t3*15-,18+,19-,22-/m111/s1. The largest absolute Gasteiger partial charge is 0.442 e. The maximum absolute atomic E-state index is 12.8. The van der Waals surface area contributed by atoms with Gasteiger partial charge in [-0.05, 0) is 186 Å². The number of hydrogen-bond acceptors (Lipinski definition) is 12. The number of carbonyl (C=O) groups is 3. The number of benzene rings is 3. The van der Waals surface area contributed by atoms with Gasteiger partial charge in [-0.15, -0.1) is 35.3 Å². The van der Waals surface area contributed by atoms with Crippen molar-refractivity contribution in [1.82, 2.24) is 15.0 Å². The molecule has 6 bridgehead atoms. The fourth-order valence-corrected chi connectivity index (χ4v) is 21.7. The highest BCUT2D eigenvalue weighted by Crippen LogP contribution is 2.68. The minimum Gasteiger partial charge on any atom is -0.442 e. The fraction of sp³-hybridized carbons (Fsp3) is 0.636. The Labute approximate surface area is 493 Å². The Bertz CT molecular complexity index is 2650. The molecule has 81 heavy (non-hydrogen) atoms. The molecule has 432 valence electrons. The van der Waals surface area contributed by atoms with Gasteiger partial charge in [0.2, 0.25) is 0 Å². The lowest BCUT2D eigenvalue weighted by Crippen LogP contribution is -2.53. The molecule has 12 aliphatic rings. The van der Waals surface area contributed by atoms with Crippen molar-refractivity contribution in [3.05, 3.63) is 91.0 Å². The topological polar surface area (TPSA) is 126 Å². The van der Waals surface area contributed by atoms with E-state index in [2.05, 4.69) is 133 Å². The number of nitrogens with zero attached hydrogens (tertiary/aromatic N) is 6. The molecule has 0 radical (unpaired) electrons. The van der Waals surface area contributed by atoms with Gasteiger partial charge in [0.15, 0.2) is 0 Å². The quantitative estimate of drug-likeness (QED) is 0.193. The molecule has 12 nitrogen and oxygen atoms in total. The molecule has 9 saturated carbocycles. The van der Waals surface area contributed by atoms with Gasteiger partial charge in [-0.3, -0.25) is 0 Å². The predicted molar refractivity (Wildman–Crippen MR) is 324 cm³/mol. The van der Waals surface area contributed by atoms with Crippen LogP contribution in [-0.4, -0.2) is 101 Å². The number of fused-ring (bicyclic) bond motifs is 3. The third kappa shape index (κ3) is 9.13. The number of hydrogen-bond donors (Lipinski definition) is 0. The molecule has 12 fully saturated rings. The lowest BCUT2D eigenvalue weighted by Gasteiger charge is -2.40. The minimum absolute atomic E-state index is 0.0203. The van der Waals surface area contributed by atoms with Crippen molar-refractivity contribution in [2.24, 2.45) is 49.3 Å².